The molecular formula is C17H25N3O. The normalized spacial score (nSPS) is 24.0. The van der Waals surface area contributed by atoms with Gasteiger partial charge in [0.05, 0.1) is 12.2 Å². The number of likely N-dealkylation sites (tertiary alicyclic amines) is 1. The smallest absolute Gasteiger partial charge is 0.223 e. The molecule has 0 radical (unpaired) electrons. The summed E-state index contributed by atoms with van der Waals surface area (Å²) in [4.78, 5) is 19.3. The van der Waals surface area contributed by atoms with Crippen molar-refractivity contribution >= 4 is 5.91 Å². The Bertz CT molecular complexity index is 551. The molecule has 4 nitrogen and oxygen atoms in total. The molecule has 21 heavy (non-hydrogen) atoms. The number of carbonyl (C=O) groups excluding carboxylic acids is 1. The number of nitrogens with zero attached hydrogens (tertiary/aromatic N) is 2. The average Bonchev–Trinajstić information content (AvgIpc) is 3.21. The topological polar surface area (TPSA) is 45.2 Å². The predicted molar refractivity (Wildman–Crippen MR) is 82.9 cm³/mol. The number of pyridine rings is 1. The van der Waals surface area contributed by atoms with Crippen LogP contribution in [0.25, 0.3) is 0 Å². The highest BCUT2D eigenvalue weighted by molar-refractivity contribution is 5.79. The first-order chi connectivity index (χ1) is 10.00. The van der Waals surface area contributed by atoms with E-state index in [1.807, 2.05) is 13.1 Å². The molecule has 0 bridgehead atoms. The summed E-state index contributed by atoms with van der Waals surface area (Å²) in [5.74, 6) is 0.380. The molecule has 1 aromatic heterocycles. The van der Waals surface area contributed by atoms with Gasteiger partial charge in [-0.3, -0.25) is 9.78 Å². The van der Waals surface area contributed by atoms with E-state index in [2.05, 4.69) is 35.2 Å². The number of carbonyl (C=O) groups is 1. The molecule has 0 aromatic carbocycles. The summed E-state index contributed by atoms with van der Waals surface area (Å²) in [6.45, 7) is 5.68. The molecule has 114 valence electrons. The van der Waals surface area contributed by atoms with Gasteiger partial charge in [-0.1, -0.05) is 6.07 Å². The Labute approximate surface area is 126 Å². The van der Waals surface area contributed by atoms with Gasteiger partial charge in [0.25, 0.3) is 0 Å². The molecule has 1 aromatic rings. The number of aryl methyl sites for hydroxylation is 2. The van der Waals surface area contributed by atoms with Crippen LogP contribution in [0.1, 0.15) is 42.5 Å². The number of hydrogen-bond acceptors (Lipinski definition) is 3. The highest BCUT2D eigenvalue weighted by Crippen LogP contribution is 2.49. The molecule has 4 heteroatoms. The minimum atomic E-state index is 0.175. The van der Waals surface area contributed by atoms with Gasteiger partial charge in [-0.05, 0) is 64.3 Å². The number of amides is 1. The van der Waals surface area contributed by atoms with Crippen LogP contribution in [0.15, 0.2) is 12.3 Å². The van der Waals surface area contributed by atoms with E-state index in [0.29, 0.717) is 12.1 Å². The second-order valence-corrected chi connectivity index (χ2v) is 6.83. The van der Waals surface area contributed by atoms with E-state index < -0.39 is 0 Å². The second kappa shape index (κ2) is 5.41. The van der Waals surface area contributed by atoms with Gasteiger partial charge in [-0.25, -0.2) is 0 Å². The third-order valence-corrected chi connectivity index (χ3v) is 5.20. The molecule has 2 heterocycles. The maximum atomic E-state index is 12.4. The molecule has 2 fully saturated rings. The number of hydrogen-bond donors (Lipinski definition) is 1. The van der Waals surface area contributed by atoms with Gasteiger partial charge in [0, 0.05) is 17.7 Å². The number of rotatable bonds is 3. The van der Waals surface area contributed by atoms with Gasteiger partial charge in [0.1, 0.15) is 0 Å². The van der Waals surface area contributed by atoms with Gasteiger partial charge < -0.3 is 10.2 Å². The lowest BCUT2D eigenvalue weighted by molar-refractivity contribution is -0.127. The van der Waals surface area contributed by atoms with Crippen LogP contribution in [0.2, 0.25) is 0 Å². The van der Waals surface area contributed by atoms with Gasteiger partial charge >= 0.3 is 0 Å². The first-order valence-corrected chi connectivity index (χ1v) is 7.91. The fourth-order valence-corrected chi connectivity index (χ4v) is 3.50. The fraction of sp³-hybridized carbons (Fsp3) is 0.647. The van der Waals surface area contributed by atoms with E-state index in [9.17, 15) is 4.79 Å². The summed E-state index contributed by atoms with van der Waals surface area (Å²) in [7, 11) is 2.20. The van der Waals surface area contributed by atoms with Crippen LogP contribution in [0.4, 0.5) is 0 Å². The molecular weight excluding hydrogens is 262 g/mol. The molecule has 1 aliphatic heterocycles. The predicted octanol–water partition coefficient (Wildman–Crippen LogP) is 2.19. The molecule has 2 aliphatic rings. The molecule has 1 atom stereocenters. The molecule has 1 saturated heterocycles. The van der Waals surface area contributed by atoms with Crippen molar-refractivity contribution in [3.05, 3.63) is 29.1 Å². The van der Waals surface area contributed by atoms with Crippen LogP contribution < -0.4 is 5.32 Å². The maximum Gasteiger partial charge on any atom is 0.223 e. The van der Waals surface area contributed by atoms with Crippen molar-refractivity contribution in [2.75, 3.05) is 13.6 Å². The van der Waals surface area contributed by atoms with E-state index in [-0.39, 0.29) is 11.8 Å². The molecule has 1 spiro atoms. The summed E-state index contributed by atoms with van der Waals surface area (Å²) in [6.07, 6.45) is 6.38. The Balaban J connectivity index is 1.57. The van der Waals surface area contributed by atoms with Crippen molar-refractivity contribution in [3.8, 4) is 0 Å². The van der Waals surface area contributed by atoms with Crippen molar-refractivity contribution in [3.63, 3.8) is 0 Å². The van der Waals surface area contributed by atoms with Gasteiger partial charge in [-0.15, -0.1) is 0 Å². The molecule has 3 rings (SSSR count). The standard InChI is InChI=1S/C17H25N3O/c1-12-8-13(2)15(18-10-12)11-19-16(21)14-4-7-20(3)17(9-14)5-6-17/h8,10,14H,4-7,9,11H2,1-3H3,(H,19,21). The SMILES string of the molecule is Cc1cnc(CNC(=O)C2CCN(C)C3(CC3)C2)c(C)c1. The highest BCUT2D eigenvalue weighted by atomic mass is 16.1. The third-order valence-electron chi connectivity index (χ3n) is 5.20. The summed E-state index contributed by atoms with van der Waals surface area (Å²) in [5.41, 5.74) is 3.63. The first kappa shape index (κ1) is 14.5. The van der Waals surface area contributed by atoms with E-state index in [1.54, 1.807) is 0 Å². The van der Waals surface area contributed by atoms with Crippen molar-refractivity contribution in [1.29, 1.82) is 0 Å². The number of nitrogens with one attached hydrogen (secondary N) is 1. The lowest BCUT2D eigenvalue weighted by atomic mass is 9.88. The first-order valence-electron chi connectivity index (χ1n) is 7.91. The van der Waals surface area contributed by atoms with Gasteiger partial charge in [0.2, 0.25) is 5.91 Å². The molecule has 1 unspecified atom stereocenters. The van der Waals surface area contributed by atoms with Crippen molar-refractivity contribution in [2.45, 2.75) is 51.6 Å². The minimum Gasteiger partial charge on any atom is -0.350 e. The van der Waals surface area contributed by atoms with Crippen molar-refractivity contribution < 1.29 is 4.79 Å². The zero-order valence-corrected chi connectivity index (χ0v) is 13.3. The van der Waals surface area contributed by atoms with Crippen LogP contribution in [0.5, 0.6) is 0 Å². The lowest BCUT2D eigenvalue weighted by Gasteiger charge is -2.37. The van der Waals surface area contributed by atoms with E-state index in [1.165, 1.54) is 12.8 Å². The molecule has 1 aliphatic carbocycles. The number of piperidine rings is 1. The Hall–Kier alpha value is -1.42. The quantitative estimate of drug-likeness (QED) is 0.927. The van der Waals surface area contributed by atoms with Crippen molar-refractivity contribution in [2.24, 2.45) is 5.92 Å². The van der Waals surface area contributed by atoms with Crippen LogP contribution in [0.3, 0.4) is 0 Å². The average molecular weight is 287 g/mol. The van der Waals surface area contributed by atoms with Gasteiger partial charge in [0.15, 0.2) is 0 Å². The Morgan fingerprint density at radius 2 is 2.24 bits per heavy atom. The lowest BCUT2D eigenvalue weighted by Crippen LogP contribution is -2.46. The largest absolute Gasteiger partial charge is 0.350 e. The van der Waals surface area contributed by atoms with E-state index in [4.69, 9.17) is 0 Å². The van der Waals surface area contributed by atoms with E-state index in [0.717, 1.165) is 36.2 Å². The summed E-state index contributed by atoms with van der Waals surface area (Å²) >= 11 is 0. The Kier molecular flexibility index (Phi) is 3.74. The monoisotopic (exact) mass is 287 g/mol. The Morgan fingerprint density at radius 3 is 2.90 bits per heavy atom. The number of aromatic nitrogens is 1. The Morgan fingerprint density at radius 1 is 1.48 bits per heavy atom. The summed E-state index contributed by atoms with van der Waals surface area (Å²) < 4.78 is 0. The van der Waals surface area contributed by atoms with Crippen LogP contribution >= 0.6 is 0 Å². The molecule has 1 N–H and O–H groups in total. The second-order valence-electron chi connectivity index (χ2n) is 6.83. The van der Waals surface area contributed by atoms with Gasteiger partial charge in [-0.2, -0.15) is 0 Å². The fourth-order valence-electron chi connectivity index (χ4n) is 3.50. The maximum absolute atomic E-state index is 12.4. The zero-order chi connectivity index (χ0) is 15.0. The third kappa shape index (κ3) is 2.95. The van der Waals surface area contributed by atoms with Crippen LogP contribution in [-0.4, -0.2) is 34.9 Å². The van der Waals surface area contributed by atoms with Crippen LogP contribution in [-0.2, 0) is 11.3 Å². The molecule has 1 amide bonds. The minimum absolute atomic E-state index is 0.175. The summed E-state index contributed by atoms with van der Waals surface area (Å²) in [5, 5.41) is 3.09. The zero-order valence-electron chi connectivity index (χ0n) is 13.3. The van der Waals surface area contributed by atoms with E-state index >= 15 is 0 Å². The van der Waals surface area contributed by atoms with Crippen molar-refractivity contribution in [1.82, 2.24) is 15.2 Å². The molecule has 1 saturated carbocycles. The highest BCUT2D eigenvalue weighted by Gasteiger charge is 2.50. The van der Waals surface area contributed by atoms with Crippen LogP contribution in [0, 0.1) is 19.8 Å². The summed E-state index contributed by atoms with van der Waals surface area (Å²) in [6, 6.07) is 2.11.